The predicted molar refractivity (Wildman–Crippen MR) is 156 cm³/mol. The van der Waals surface area contributed by atoms with Crippen LogP contribution in [-0.4, -0.2) is 52.7 Å². The van der Waals surface area contributed by atoms with Crippen molar-refractivity contribution < 1.29 is 29.4 Å². The van der Waals surface area contributed by atoms with Crippen LogP contribution in [0.4, 0.5) is 0 Å². The van der Waals surface area contributed by atoms with Crippen molar-refractivity contribution in [1.29, 1.82) is 0 Å². The van der Waals surface area contributed by atoms with Gasteiger partial charge in [-0.2, -0.15) is 0 Å². The van der Waals surface area contributed by atoms with Crippen molar-refractivity contribution in [3.63, 3.8) is 0 Å². The fourth-order valence-corrected chi connectivity index (χ4v) is 8.60. The summed E-state index contributed by atoms with van der Waals surface area (Å²) in [7, 11) is 0. The summed E-state index contributed by atoms with van der Waals surface area (Å²) < 4.78 is 5.15. The lowest BCUT2D eigenvalue weighted by atomic mass is 9.46. The van der Waals surface area contributed by atoms with Crippen molar-refractivity contribution in [2.75, 3.05) is 13.2 Å². The minimum absolute atomic E-state index is 0.0256. The summed E-state index contributed by atoms with van der Waals surface area (Å²) in [5.74, 6) is 1.07. The third kappa shape index (κ3) is 5.64. The second kappa shape index (κ2) is 11.4. The van der Waals surface area contributed by atoms with Crippen LogP contribution in [0.3, 0.4) is 0 Å². The van der Waals surface area contributed by atoms with Crippen molar-refractivity contribution in [2.45, 2.75) is 97.1 Å². The van der Waals surface area contributed by atoms with Gasteiger partial charge in [-0.15, -0.1) is 0 Å². The number of hydrogen-bond donors (Lipinski definition) is 3. The second-order valence-electron chi connectivity index (χ2n) is 13.4. The molecule has 0 aliphatic heterocycles. The summed E-state index contributed by atoms with van der Waals surface area (Å²) in [6, 6.07) is 5.63. The van der Waals surface area contributed by atoms with Gasteiger partial charge in [0.05, 0.1) is 17.9 Å². The highest BCUT2D eigenvalue weighted by molar-refractivity contribution is 5.96. The van der Waals surface area contributed by atoms with E-state index >= 15 is 0 Å². The molecule has 1 amide bonds. The van der Waals surface area contributed by atoms with Crippen LogP contribution < -0.4 is 5.32 Å². The highest BCUT2D eigenvalue weighted by Crippen LogP contribution is 2.67. The molecule has 0 aromatic heterocycles. The minimum atomic E-state index is -0.864. The van der Waals surface area contributed by atoms with Crippen LogP contribution in [0.15, 0.2) is 41.1 Å². The van der Waals surface area contributed by atoms with Gasteiger partial charge in [-0.25, -0.2) is 4.79 Å². The van der Waals surface area contributed by atoms with Gasteiger partial charge in [0.1, 0.15) is 11.8 Å². The number of phenols is 1. The number of ether oxygens (including phenoxy) is 1. The van der Waals surface area contributed by atoms with E-state index in [9.17, 15) is 19.8 Å². The molecule has 1 aromatic rings. The average Bonchev–Trinajstić information content (AvgIpc) is 3.18. The summed E-state index contributed by atoms with van der Waals surface area (Å²) in [5.41, 5.74) is 2.71. The number of nitrogens with one attached hydrogen (secondary N) is 1. The molecule has 8 heteroatoms. The first-order chi connectivity index (χ1) is 19.5. The standard InChI is InChI=1S/C33H46N2O6/c1-5-40-30(38)28(18-21-6-9-24(36)10-7-21)34-29(37)20-41-35-23-12-15-31(2)22(19-23)8-11-25-26(31)13-16-32(3)27(25)14-17-33(32,4)39/h6-7,9-10,19,25-28,36,39H,5,8,11-18,20H2,1-4H3,(H,34,37)/b35-23-/t25-,26+,27+,28+,31+,32+,33+/m1/s1. The number of amides is 1. The normalized spacial score (nSPS) is 35.9. The number of oxime groups is 1. The largest absolute Gasteiger partial charge is 0.508 e. The Balaban J connectivity index is 1.19. The smallest absolute Gasteiger partial charge is 0.328 e. The van der Waals surface area contributed by atoms with E-state index in [1.165, 1.54) is 5.57 Å². The molecule has 224 valence electrons. The maximum Gasteiger partial charge on any atom is 0.328 e. The van der Waals surface area contributed by atoms with Gasteiger partial charge in [-0.3, -0.25) is 4.79 Å². The van der Waals surface area contributed by atoms with Gasteiger partial charge in [-0.05, 0) is 118 Å². The molecule has 5 rings (SSSR count). The van der Waals surface area contributed by atoms with Crippen molar-refractivity contribution in [2.24, 2.45) is 33.7 Å². The lowest BCUT2D eigenvalue weighted by Gasteiger charge is -2.59. The van der Waals surface area contributed by atoms with E-state index in [0.717, 1.165) is 62.6 Å². The molecule has 0 radical (unpaired) electrons. The van der Waals surface area contributed by atoms with Crippen LogP contribution in [0.2, 0.25) is 0 Å². The zero-order valence-electron chi connectivity index (χ0n) is 24.9. The maximum atomic E-state index is 12.7. The topological polar surface area (TPSA) is 117 Å². The first-order valence-corrected chi connectivity index (χ1v) is 15.3. The number of phenolic OH excluding ortho intramolecular Hbond substituents is 1. The van der Waals surface area contributed by atoms with E-state index in [1.54, 1.807) is 31.2 Å². The van der Waals surface area contributed by atoms with E-state index in [4.69, 9.17) is 9.57 Å². The number of allylic oxidation sites excluding steroid dienone is 2. The summed E-state index contributed by atoms with van der Waals surface area (Å²) in [5, 5.41) is 27.7. The number of esters is 1. The molecular formula is C33H46N2O6. The number of hydrogen-bond acceptors (Lipinski definition) is 7. The highest BCUT2D eigenvalue weighted by atomic mass is 16.6. The van der Waals surface area contributed by atoms with E-state index < -0.39 is 23.5 Å². The molecule has 0 heterocycles. The quantitative estimate of drug-likeness (QED) is 0.299. The highest BCUT2D eigenvalue weighted by Gasteiger charge is 2.62. The number of nitrogens with zero attached hydrogens (tertiary/aromatic N) is 1. The molecule has 0 bridgehead atoms. The van der Waals surface area contributed by atoms with Crippen molar-refractivity contribution >= 4 is 17.6 Å². The van der Waals surface area contributed by atoms with Crippen molar-refractivity contribution in [3.8, 4) is 5.75 Å². The molecule has 0 saturated heterocycles. The molecule has 0 unspecified atom stereocenters. The van der Waals surface area contributed by atoms with E-state index in [2.05, 4.69) is 37.3 Å². The van der Waals surface area contributed by atoms with Gasteiger partial charge in [-0.1, -0.05) is 36.7 Å². The molecule has 8 nitrogen and oxygen atoms in total. The SMILES string of the molecule is CCOC(=O)[C@H](Cc1ccc(O)cc1)NC(=O)CO/N=C1\C=C2CC[C@@H]3[C@H](CC[C@@]4(C)[C@H]3CC[C@]4(C)O)[C@@]2(C)CC1. The Kier molecular flexibility index (Phi) is 8.25. The summed E-state index contributed by atoms with van der Waals surface area (Å²) in [4.78, 5) is 30.6. The Bertz CT molecular complexity index is 1210. The van der Waals surface area contributed by atoms with Gasteiger partial charge in [0, 0.05) is 6.42 Å². The van der Waals surface area contributed by atoms with Gasteiger partial charge in [0.15, 0.2) is 6.61 Å². The van der Waals surface area contributed by atoms with Crippen molar-refractivity contribution in [1.82, 2.24) is 5.32 Å². The molecule has 3 fully saturated rings. The second-order valence-corrected chi connectivity index (χ2v) is 13.4. The molecule has 3 N–H and O–H groups in total. The van der Waals surface area contributed by atoms with E-state index in [0.29, 0.717) is 17.8 Å². The summed E-state index contributed by atoms with van der Waals surface area (Å²) >= 11 is 0. The summed E-state index contributed by atoms with van der Waals surface area (Å²) in [6.45, 7) is 8.45. The lowest BCUT2D eigenvalue weighted by Crippen LogP contribution is -2.53. The molecule has 1 aromatic carbocycles. The number of carbonyl (C=O) groups is 2. The number of aliphatic hydroxyl groups is 1. The fraction of sp³-hybridized carbons (Fsp3) is 0.667. The molecule has 4 aliphatic rings. The lowest BCUT2D eigenvalue weighted by molar-refractivity contribution is -0.147. The predicted octanol–water partition coefficient (Wildman–Crippen LogP) is 5.07. The third-order valence-corrected chi connectivity index (χ3v) is 11.2. The number of fused-ring (bicyclic) bond motifs is 5. The van der Waals surface area contributed by atoms with Crippen LogP contribution in [0.5, 0.6) is 5.75 Å². The molecule has 0 spiro atoms. The minimum Gasteiger partial charge on any atom is -0.508 e. The molecular weight excluding hydrogens is 520 g/mol. The fourth-order valence-electron chi connectivity index (χ4n) is 8.60. The molecule has 41 heavy (non-hydrogen) atoms. The zero-order valence-corrected chi connectivity index (χ0v) is 24.9. The summed E-state index contributed by atoms with van der Waals surface area (Å²) in [6.07, 6.45) is 10.8. The Morgan fingerprint density at radius 3 is 2.51 bits per heavy atom. The number of carbonyl (C=O) groups excluding carboxylic acids is 2. The van der Waals surface area contributed by atoms with Crippen LogP contribution in [-0.2, 0) is 25.6 Å². The van der Waals surface area contributed by atoms with Gasteiger partial charge >= 0.3 is 5.97 Å². The monoisotopic (exact) mass is 566 g/mol. The number of aromatic hydroxyl groups is 1. The average molecular weight is 567 g/mol. The Morgan fingerprint density at radius 2 is 1.78 bits per heavy atom. The van der Waals surface area contributed by atoms with Gasteiger partial charge in [0.25, 0.3) is 5.91 Å². The van der Waals surface area contributed by atoms with Crippen molar-refractivity contribution in [3.05, 3.63) is 41.5 Å². The number of rotatable bonds is 8. The van der Waals surface area contributed by atoms with Gasteiger partial charge in [0.2, 0.25) is 0 Å². The third-order valence-electron chi connectivity index (χ3n) is 11.2. The van der Waals surface area contributed by atoms with Crippen LogP contribution in [0.25, 0.3) is 0 Å². The molecule has 3 saturated carbocycles. The Hall–Kier alpha value is -2.87. The molecule has 7 atom stereocenters. The molecule has 4 aliphatic carbocycles. The first kappa shape index (κ1) is 29.6. The van der Waals surface area contributed by atoms with E-state index in [-0.39, 0.29) is 36.2 Å². The van der Waals surface area contributed by atoms with Crippen LogP contribution in [0.1, 0.15) is 84.6 Å². The van der Waals surface area contributed by atoms with Crippen LogP contribution >= 0.6 is 0 Å². The Morgan fingerprint density at radius 1 is 1.05 bits per heavy atom. The van der Waals surface area contributed by atoms with E-state index in [1.807, 2.05) is 0 Å². The first-order valence-electron chi connectivity index (χ1n) is 15.3. The van der Waals surface area contributed by atoms with Gasteiger partial charge < -0.3 is 25.1 Å². The maximum absolute atomic E-state index is 12.7. The zero-order chi connectivity index (χ0) is 29.4. The van der Waals surface area contributed by atoms with Crippen LogP contribution in [0, 0.1) is 28.6 Å². The Labute approximate surface area is 243 Å². The number of benzene rings is 1.